The SMILES string of the molecule is COc1ccc(Cl)cc1-c1ccc(C=C2SC(=S)N(c3ccc(Br)c(Cl)c3)C2=O)o1. The number of benzene rings is 2. The number of carbonyl (C=O) groups excluding carboxylic acids is 1. The molecule has 2 aromatic carbocycles. The van der Waals surface area contributed by atoms with Crippen molar-refractivity contribution in [1.82, 2.24) is 0 Å². The monoisotopic (exact) mass is 539 g/mol. The van der Waals surface area contributed by atoms with Gasteiger partial charge in [0.2, 0.25) is 0 Å². The molecule has 1 aliphatic rings. The molecular formula is C21H12BrCl2NO3S2. The van der Waals surface area contributed by atoms with Crippen LogP contribution >= 0.6 is 63.1 Å². The van der Waals surface area contributed by atoms with Crippen LogP contribution in [0.3, 0.4) is 0 Å². The average Bonchev–Trinajstić information content (AvgIpc) is 3.29. The number of carbonyl (C=O) groups is 1. The van der Waals surface area contributed by atoms with Crippen LogP contribution in [-0.2, 0) is 4.79 Å². The normalized spacial score (nSPS) is 15.3. The number of thioether (sulfide) groups is 1. The number of hydrogen-bond acceptors (Lipinski definition) is 5. The van der Waals surface area contributed by atoms with Crippen LogP contribution in [0.4, 0.5) is 5.69 Å². The highest BCUT2D eigenvalue weighted by atomic mass is 79.9. The second-order valence-electron chi connectivity index (χ2n) is 6.16. The van der Waals surface area contributed by atoms with Crippen molar-refractivity contribution >= 4 is 85.1 Å². The molecule has 0 saturated carbocycles. The van der Waals surface area contributed by atoms with E-state index in [0.29, 0.717) is 42.2 Å². The molecule has 0 aliphatic carbocycles. The maximum atomic E-state index is 13.0. The van der Waals surface area contributed by atoms with Gasteiger partial charge in [-0.2, -0.15) is 0 Å². The fourth-order valence-electron chi connectivity index (χ4n) is 2.89. The molecule has 1 fully saturated rings. The minimum absolute atomic E-state index is 0.235. The van der Waals surface area contributed by atoms with E-state index in [-0.39, 0.29) is 5.91 Å². The number of thiocarbonyl (C=S) groups is 1. The Bertz CT molecular complexity index is 1210. The van der Waals surface area contributed by atoms with E-state index >= 15 is 0 Å². The number of amides is 1. The van der Waals surface area contributed by atoms with Gasteiger partial charge < -0.3 is 9.15 Å². The molecule has 4 nitrogen and oxygen atoms in total. The molecule has 0 bridgehead atoms. The zero-order valence-corrected chi connectivity index (χ0v) is 20.0. The van der Waals surface area contributed by atoms with Gasteiger partial charge in [-0.15, -0.1) is 0 Å². The van der Waals surface area contributed by atoms with Crippen molar-refractivity contribution in [1.29, 1.82) is 0 Å². The van der Waals surface area contributed by atoms with Crippen LogP contribution in [0, 0.1) is 0 Å². The van der Waals surface area contributed by atoms with Crippen LogP contribution in [0.2, 0.25) is 10.0 Å². The van der Waals surface area contributed by atoms with E-state index in [9.17, 15) is 4.79 Å². The van der Waals surface area contributed by atoms with E-state index in [0.717, 1.165) is 10.0 Å². The summed E-state index contributed by atoms with van der Waals surface area (Å²) < 4.78 is 12.5. The van der Waals surface area contributed by atoms with Crippen molar-refractivity contribution in [2.45, 2.75) is 0 Å². The number of hydrogen-bond donors (Lipinski definition) is 0. The summed E-state index contributed by atoms with van der Waals surface area (Å²) in [6.45, 7) is 0. The van der Waals surface area contributed by atoms with Gasteiger partial charge in [0.15, 0.2) is 4.32 Å². The van der Waals surface area contributed by atoms with Gasteiger partial charge in [-0.3, -0.25) is 9.69 Å². The van der Waals surface area contributed by atoms with Gasteiger partial charge in [0.25, 0.3) is 5.91 Å². The molecule has 0 unspecified atom stereocenters. The lowest BCUT2D eigenvalue weighted by molar-refractivity contribution is -0.113. The molecule has 1 aliphatic heterocycles. The largest absolute Gasteiger partial charge is 0.496 e. The van der Waals surface area contributed by atoms with Gasteiger partial charge in [0.05, 0.1) is 28.3 Å². The molecule has 2 heterocycles. The Morgan fingerprint density at radius 2 is 1.97 bits per heavy atom. The van der Waals surface area contributed by atoms with E-state index in [1.807, 2.05) is 0 Å². The topological polar surface area (TPSA) is 42.7 Å². The van der Waals surface area contributed by atoms with Crippen LogP contribution in [-0.4, -0.2) is 17.3 Å². The molecule has 1 amide bonds. The molecule has 0 spiro atoms. The van der Waals surface area contributed by atoms with Crippen molar-refractivity contribution < 1.29 is 13.9 Å². The lowest BCUT2D eigenvalue weighted by Gasteiger charge is -2.15. The van der Waals surface area contributed by atoms with E-state index in [1.165, 1.54) is 16.7 Å². The molecule has 9 heteroatoms. The lowest BCUT2D eigenvalue weighted by Crippen LogP contribution is -2.27. The Labute approximate surface area is 200 Å². The summed E-state index contributed by atoms with van der Waals surface area (Å²) in [5, 5.41) is 1.06. The summed E-state index contributed by atoms with van der Waals surface area (Å²) in [6.07, 6.45) is 1.67. The molecule has 3 aromatic rings. The van der Waals surface area contributed by atoms with Gasteiger partial charge in [-0.05, 0) is 64.5 Å². The van der Waals surface area contributed by atoms with Gasteiger partial charge in [0.1, 0.15) is 17.3 Å². The van der Waals surface area contributed by atoms with E-state index in [1.54, 1.807) is 61.7 Å². The van der Waals surface area contributed by atoms with Crippen molar-refractivity contribution in [3.8, 4) is 17.1 Å². The average molecular weight is 541 g/mol. The maximum absolute atomic E-state index is 13.0. The zero-order chi connectivity index (χ0) is 21.4. The van der Waals surface area contributed by atoms with E-state index in [2.05, 4.69) is 15.9 Å². The van der Waals surface area contributed by atoms with Crippen molar-refractivity contribution in [3.63, 3.8) is 0 Å². The van der Waals surface area contributed by atoms with E-state index in [4.69, 9.17) is 44.6 Å². The number of anilines is 1. The summed E-state index contributed by atoms with van der Waals surface area (Å²) in [6, 6.07) is 14.1. The molecule has 1 saturated heterocycles. The van der Waals surface area contributed by atoms with Crippen molar-refractivity contribution in [2.24, 2.45) is 0 Å². The Kier molecular flexibility index (Phi) is 6.27. The third kappa shape index (κ3) is 4.18. The fourth-order valence-corrected chi connectivity index (χ4v) is 4.76. The first-order valence-corrected chi connectivity index (χ1v) is 11.3. The quantitative estimate of drug-likeness (QED) is 0.254. The molecule has 4 rings (SSSR count). The highest BCUT2D eigenvalue weighted by molar-refractivity contribution is 9.10. The van der Waals surface area contributed by atoms with Crippen molar-refractivity contribution in [3.05, 3.63) is 73.7 Å². The molecule has 0 N–H and O–H groups in total. The Balaban J connectivity index is 1.64. The van der Waals surface area contributed by atoms with Gasteiger partial charge in [0, 0.05) is 15.6 Å². The highest BCUT2D eigenvalue weighted by Crippen LogP contribution is 2.39. The second kappa shape index (κ2) is 8.77. The van der Waals surface area contributed by atoms with Crippen LogP contribution < -0.4 is 9.64 Å². The highest BCUT2D eigenvalue weighted by Gasteiger charge is 2.33. The first-order chi connectivity index (χ1) is 14.4. The first-order valence-electron chi connectivity index (χ1n) is 8.54. The van der Waals surface area contributed by atoms with Crippen molar-refractivity contribution in [2.75, 3.05) is 12.0 Å². The molecule has 30 heavy (non-hydrogen) atoms. The number of methoxy groups -OCH3 is 1. The van der Waals surface area contributed by atoms with Gasteiger partial charge in [-0.1, -0.05) is 47.2 Å². The molecule has 152 valence electrons. The third-order valence-corrected chi connectivity index (χ3v) is 7.05. The fraction of sp³-hybridized carbons (Fsp3) is 0.0476. The summed E-state index contributed by atoms with van der Waals surface area (Å²) >= 11 is 22.2. The standard InChI is InChI=1S/C21H12BrCl2NO3S2/c1-27-17-6-2-11(23)8-14(17)18-7-4-13(28-18)10-19-20(26)25(21(29)30-19)12-3-5-15(22)16(24)9-12/h2-10H,1H3. The van der Waals surface area contributed by atoms with E-state index < -0.39 is 0 Å². The first kappa shape index (κ1) is 21.5. The number of nitrogens with zero attached hydrogens (tertiary/aromatic N) is 1. The summed E-state index contributed by atoms with van der Waals surface area (Å²) in [7, 11) is 1.58. The second-order valence-corrected chi connectivity index (χ2v) is 9.54. The number of rotatable bonds is 4. The minimum Gasteiger partial charge on any atom is -0.496 e. The predicted molar refractivity (Wildman–Crippen MR) is 131 cm³/mol. The summed E-state index contributed by atoms with van der Waals surface area (Å²) in [5.41, 5.74) is 1.33. The Morgan fingerprint density at radius 1 is 1.17 bits per heavy atom. The zero-order valence-electron chi connectivity index (χ0n) is 15.3. The van der Waals surface area contributed by atoms with Crippen LogP contribution in [0.1, 0.15) is 5.76 Å². The smallest absolute Gasteiger partial charge is 0.270 e. The summed E-state index contributed by atoms with van der Waals surface area (Å²) in [5.74, 6) is 1.50. The lowest BCUT2D eigenvalue weighted by atomic mass is 10.1. The number of ether oxygens (including phenoxy) is 1. The molecule has 0 atom stereocenters. The minimum atomic E-state index is -0.235. The number of furan rings is 1. The number of halogens is 3. The maximum Gasteiger partial charge on any atom is 0.270 e. The van der Waals surface area contributed by atoms with Gasteiger partial charge in [-0.25, -0.2) is 0 Å². The molecule has 0 radical (unpaired) electrons. The van der Waals surface area contributed by atoms with Crippen LogP contribution in [0.5, 0.6) is 5.75 Å². The van der Waals surface area contributed by atoms with Crippen LogP contribution in [0.25, 0.3) is 17.4 Å². The Morgan fingerprint density at radius 3 is 2.70 bits per heavy atom. The molecular weight excluding hydrogens is 529 g/mol. The summed E-state index contributed by atoms with van der Waals surface area (Å²) in [4.78, 5) is 14.9. The van der Waals surface area contributed by atoms with Crippen LogP contribution in [0.15, 0.2) is 62.3 Å². The third-order valence-electron chi connectivity index (χ3n) is 4.28. The molecule has 1 aromatic heterocycles. The Hall–Kier alpha value is -1.77. The van der Waals surface area contributed by atoms with Gasteiger partial charge >= 0.3 is 0 Å². The predicted octanol–water partition coefficient (Wildman–Crippen LogP) is 7.43.